The number of allylic oxidation sites excluding steroid dienone is 2. The number of amides is 2. The Bertz CT molecular complexity index is 923. The third-order valence-corrected chi connectivity index (χ3v) is 5.29. The number of fused-ring (bicyclic) bond motifs is 2. The highest BCUT2D eigenvalue weighted by Crippen LogP contribution is 2.34. The van der Waals surface area contributed by atoms with Gasteiger partial charge in [-0.25, -0.2) is 9.97 Å². The molecule has 1 atom stereocenters. The van der Waals surface area contributed by atoms with Gasteiger partial charge in [-0.2, -0.15) is 0 Å². The highest BCUT2D eigenvalue weighted by molar-refractivity contribution is 6.32. The van der Waals surface area contributed by atoms with Crippen molar-refractivity contribution in [3.63, 3.8) is 0 Å². The molecule has 1 aromatic rings. The summed E-state index contributed by atoms with van der Waals surface area (Å²) in [5, 5.41) is 9.31. The molecule has 0 spiro atoms. The molecule has 9 nitrogen and oxygen atoms in total. The van der Waals surface area contributed by atoms with Gasteiger partial charge in [0.25, 0.3) is 5.91 Å². The maximum Gasteiger partial charge on any atom is 0.259 e. The Morgan fingerprint density at radius 1 is 1.20 bits per heavy atom. The first-order chi connectivity index (χ1) is 14.6. The first-order valence-corrected chi connectivity index (χ1v) is 10.2. The van der Waals surface area contributed by atoms with Crippen LogP contribution in [0.1, 0.15) is 31.2 Å². The molecule has 0 aromatic carbocycles. The molecule has 0 fully saturated rings. The lowest BCUT2D eigenvalue weighted by Crippen LogP contribution is -2.29. The molecular formula is C21H26N6O3. The standard InChI is InChI=1S/C21H26N6O3/c1-27-9-4-8-22-19-18-16(21(29)26-20(18)25-13-24-19)12-23-14-5-2-6-15(11-14)30-10-3-7-17(27)28/h2,5-6,12-13,15,23H,3-4,7-11H2,1H3,(H2,22,24,25,26,29)/b16-12+. The van der Waals surface area contributed by atoms with E-state index in [2.05, 4.69) is 25.9 Å². The Morgan fingerprint density at radius 3 is 2.97 bits per heavy atom. The minimum atomic E-state index is -0.222. The van der Waals surface area contributed by atoms with Gasteiger partial charge in [-0.3, -0.25) is 9.59 Å². The minimum Gasteiger partial charge on any atom is -0.374 e. The number of nitrogens with one attached hydrogen (secondary N) is 3. The van der Waals surface area contributed by atoms with Gasteiger partial charge in [0.2, 0.25) is 5.91 Å². The summed E-state index contributed by atoms with van der Waals surface area (Å²) in [4.78, 5) is 35.1. The molecule has 1 aromatic heterocycles. The first kappa shape index (κ1) is 20.1. The molecule has 4 rings (SSSR count). The second-order valence-electron chi connectivity index (χ2n) is 7.49. The van der Waals surface area contributed by atoms with E-state index in [1.165, 1.54) is 6.33 Å². The van der Waals surface area contributed by atoms with Crippen molar-refractivity contribution in [3.8, 4) is 0 Å². The average Bonchev–Trinajstić information content (AvgIpc) is 3.07. The summed E-state index contributed by atoms with van der Waals surface area (Å²) in [6.07, 6.45) is 11.5. The summed E-state index contributed by atoms with van der Waals surface area (Å²) in [5.74, 6) is 0.982. The summed E-state index contributed by atoms with van der Waals surface area (Å²) >= 11 is 0. The number of carbonyl (C=O) groups is 2. The van der Waals surface area contributed by atoms with Gasteiger partial charge in [0.15, 0.2) is 0 Å². The van der Waals surface area contributed by atoms with Crippen molar-refractivity contribution in [2.75, 3.05) is 37.4 Å². The SMILES string of the molecule is CN1CCCNc2ncnc3c2/C(=C\NC2=CC=CC(C2)OCCCC1=O)C(=O)N3. The molecule has 1 unspecified atom stereocenters. The second-order valence-corrected chi connectivity index (χ2v) is 7.49. The number of rotatable bonds is 0. The Labute approximate surface area is 175 Å². The number of nitrogens with zero attached hydrogens (tertiary/aromatic N) is 3. The van der Waals surface area contributed by atoms with Crippen molar-refractivity contribution in [1.29, 1.82) is 0 Å². The highest BCUT2D eigenvalue weighted by atomic mass is 16.5. The van der Waals surface area contributed by atoms with E-state index in [9.17, 15) is 9.59 Å². The molecule has 9 heteroatoms. The van der Waals surface area contributed by atoms with Gasteiger partial charge in [-0.05, 0) is 18.9 Å². The number of anilines is 2. The maximum absolute atomic E-state index is 12.5. The quantitative estimate of drug-likeness (QED) is 0.597. The van der Waals surface area contributed by atoms with Gasteiger partial charge >= 0.3 is 0 Å². The Hall–Kier alpha value is -3.20. The van der Waals surface area contributed by atoms with E-state index < -0.39 is 0 Å². The van der Waals surface area contributed by atoms with Gasteiger partial charge in [0, 0.05) is 51.5 Å². The zero-order valence-electron chi connectivity index (χ0n) is 17.0. The fourth-order valence-corrected chi connectivity index (χ4v) is 3.63. The van der Waals surface area contributed by atoms with Crippen LogP contribution in [-0.2, 0) is 14.3 Å². The Morgan fingerprint density at radius 2 is 2.07 bits per heavy atom. The fourth-order valence-electron chi connectivity index (χ4n) is 3.63. The summed E-state index contributed by atoms with van der Waals surface area (Å²) in [5.41, 5.74) is 2.08. The van der Waals surface area contributed by atoms with Gasteiger partial charge in [0.1, 0.15) is 18.0 Å². The molecule has 3 heterocycles. The van der Waals surface area contributed by atoms with Gasteiger partial charge in [0.05, 0.1) is 17.2 Å². The van der Waals surface area contributed by atoms with E-state index in [1.54, 1.807) is 11.1 Å². The van der Waals surface area contributed by atoms with Crippen LogP contribution in [0.15, 0.2) is 36.5 Å². The Kier molecular flexibility index (Phi) is 6.08. The lowest BCUT2D eigenvalue weighted by Gasteiger charge is -2.21. The van der Waals surface area contributed by atoms with Crippen molar-refractivity contribution in [3.05, 3.63) is 42.0 Å². The van der Waals surface area contributed by atoms with Crippen LogP contribution in [0.25, 0.3) is 5.57 Å². The van der Waals surface area contributed by atoms with E-state index >= 15 is 0 Å². The lowest BCUT2D eigenvalue weighted by atomic mass is 10.1. The average molecular weight is 410 g/mol. The van der Waals surface area contributed by atoms with Crippen molar-refractivity contribution >= 4 is 29.0 Å². The number of carbonyl (C=O) groups excluding carboxylic acids is 2. The van der Waals surface area contributed by atoms with E-state index in [4.69, 9.17) is 4.74 Å². The molecular weight excluding hydrogens is 384 g/mol. The zero-order chi connectivity index (χ0) is 20.9. The fraction of sp³-hybridized carbons (Fsp3) is 0.429. The number of hydrogen-bond acceptors (Lipinski definition) is 7. The van der Waals surface area contributed by atoms with Crippen molar-refractivity contribution in [1.82, 2.24) is 20.2 Å². The van der Waals surface area contributed by atoms with Crippen LogP contribution in [-0.4, -0.2) is 59.5 Å². The van der Waals surface area contributed by atoms with Crippen LogP contribution >= 0.6 is 0 Å². The molecule has 1 aliphatic carbocycles. The molecule has 0 saturated heterocycles. The third-order valence-electron chi connectivity index (χ3n) is 5.29. The molecule has 2 amide bonds. The smallest absolute Gasteiger partial charge is 0.259 e. The topological polar surface area (TPSA) is 108 Å². The van der Waals surface area contributed by atoms with Gasteiger partial charge in [-0.1, -0.05) is 12.2 Å². The van der Waals surface area contributed by atoms with Crippen molar-refractivity contribution < 1.29 is 14.3 Å². The largest absolute Gasteiger partial charge is 0.374 e. The molecule has 3 aliphatic rings. The van der Waals surface area contributed by atoms with E-state index in [-0.39, 0.29) is 17.9 Å². The molecule has 3 N–H and O–H groups in total. The third kappa shape index (κ3) is 4.51. The summed E-state index contributed by atoms with van der Waals surface area (Å²) in [6, 6.07) is 0. The predicted octanol–water partition coefficient (Wildman–Crippen LogP) is 1.64. The molecule has 2 bridgehead atoms. The van der Waals surface area contributed by atoms with Gasteiger partial charge < -0.3 is 25.6 Å². The number of ether oxygens (including phenoxy) is 1. The Balaban J connectivity index is 1.58. The minimum absolute atomic E-state index is 0.0622. The van der Waals surface area contributed by atoms with Crippen molar-refractivity contribution in [2.45, 2.75) is 31.8 Å². The number of hydrogen-bond donors (Lipinski definition) is 3. The molecule has 158 valence electrons. The summed E-state index contributed by atoms with van der Waals surface area (Å²) in [7, 11) is 1.82. The van der Waals surface area contributed by atoms with E-state index in [1.807, 2.05) is 25.3 Å². The predicted molar refractivity (Wildman–Crippen MR) is 113 cm³/mol. The van der Waals surface area contributed by atoms with Crippen LogP contribution in [0.2, 0.25) is 0 Å². The van der Waals surface area contributed by atoms with Crippen molar-refractivity contribution in [2.24, 2.45) is 0 Å². The summed E-state index contributed by atoms with van der Waals surface area (Å²) in [6.45, 7) is 1.79. The maximum atomic E-state index is 12.5. The lowest BCUT2D eigenvalue weighted by molar-refractivity contribution is -0.130. The van der Waals surface area contributed by atoms with Crippen LogP contribution in [0.3, 0.4) is 0 Å². The van der Waals surface area contributed by atoms with E-state index in [0.717, 1.165) is 12.1 Å². The van der Waals surface area contributed by atoms with Gasteiger partial charge in [-0.15, -0.1) is 0 Å². The van der Waals surface area contributed by atoms with Crippen LogP contribution in [0, 0.1) is 0 Å². The number of aromatic nitrogens is 2. The zero-order valence-corrected chi connectivity index (χ0v) is 17.0. The monoisotopic (exact) mass is 410 g/mol. The molecule has 0 saturated carbocycles. The highest BCUT2D eigenvalue weighted by Gasteiger charge is 2.29. The van der Waals surface area contributed by atoms with Crippen LogP contribution in [0.5, 0.6) is 0 Å². The molecule has 2 aliphatic heterocycles. The van der Waals surface area contributed by atoms with E-state index in [0.29, 0.717) is 61.7 Å². The summed E-state index contributed by atoms with van der Waals surface area (Å²) < 4.78 is 5.91. The van der Waals surface area contributed by atoms with Crippen LogP contribution < -0.4 is 16.0 Å². The molecule has 0 radical (unpaired) electrons. The molecule has 30 heavy (non-hydrogen) atoms. The second kappa shape index (κ2) is 9.08. The normalized spacial score (nSPS) is 24.3. The van der Waals surface area contributed by atoms with Crippen LogP contribution in [0.4, 0.5) is 11.6 Å². The first-order valence-electron chi connectivity index (χ1n) is 10.2.